The van der Waals surface area contributed by atoms with Crippen molar-refractivity contribution in [2.45, 2.75) is 32.7 Å². The van der Waals surface area contributed by atoms with Gasteiger partial charge in [0.25, 0.3) is 0 Å². The molecular formula is C16H20ClFN2O2. The second kappa shape index (κ2) is 7.58. The summed E-state index contributed by atoms with van der Waals surface area (Å²) in [5.74, 6) is -0.436. The van der Waals surface area contributed by atoms with Crippen LogP contribution >= 0.6 is 11.6 Å². The monoisotopic (exact) mass is 326 g/mol. The molecule has 22 heavy (non-hydrogen) atoms. The van der Waals surface area contributed by atoms with Gasteiger partial charge in [0, 0.05) is 25.6 Å². The zero-order valence-electron chi connectivity index (χ0n) is 12.6. The van der Waals surface area contributed by atoms with Crippen LogP contribution < -0.4 is 5.32 Å². The van der Waals surface area contributed by atoms with Crippen LogP contribution in [0.3, 0.4) is 0 Å². The van der Waals surface area contributed by atoms with Gasteiger partial charge in [-0.25, -0.2) is 4.39 Å². The second-order valence-corrected chi connectivity index (χ2v) is 6.09. The first-order valence-electron chi connectivity index (χ1n) is 7.42. The van der Waals surface area contributed by atoms with Crippen molar-refractivity contribution in [2.24, 2.45) is 5.92 Å². The molecule has 1 saturated carbocycles. The molecule has 0 saturated heterocycles. The van der Waals surface area contributed by atoms with Gasteiger partial charge < -0.3 is 10.2 Å². The summed E-state index contributed by atoms with van der Waals surface area (Å²) in [5.41, 5.74) is 0.328. The van der Waals surface area contributed by atoms with Crippen LogP contribution in [0.2, 0.25) is 5.02 Å². The normalized spacial score (nSPS) is 14.3. The minimum Gasteiger partial charge on any atom is -0.350 e. The van der Waals surface area contributed by atoms with E-state index in [1.807, 2.05) is 0 Å². The van der Waals surface area contributed by atoms with Crippen LogP contribution in [0.5, 0.6) is 0 Å². The molecule has 1 aromatic carbocycles. The van der Waals surface area contributed by atoms with Crippen LogP contribution in [-0.2, 0) is 16.1 Å². The fourth-order valence-corrected chi connectivity index (χ4v) is 2.59. The maximum absolute atomic E-state index is 13.7. The predicted molar refractivity (Wildman–Crippen MR) is 82.9 cm³/mol. The number of hydrogen-bond acceptors (Lipinski definition) is 2. The molecule has 0 bridgehead atoms. The van der Waals surface area contributed by atoms with E-state index in [4.69, 9.17) is 11.6 Å². The van der Waals surface area contributed by atoms with Crippen molar-refractivity contribution in [3.05, 3.63) is 34.6 Å². The van der Waals surface area contributed by atoms with Crippen molar-refractivity contribution in [3.8, 4) is 0 Å². The minimum absolute atomic E-state index is 0.00795. The van der Waals surface area contributed by atoms with E-state index in [0.717, 1.165) is 12.8 Å². The van der Waals surface area contributed by atoms with E-state index in [-0.39, 0.29) is 29.9 Å². The quantitative estimate of drug-likeness (QED) is 0.874. The molecule has 0 atom stereocenters. The summed E-state index contributed by atoms with van der Waals surface area (Å²) in [6, 6.07) is 4.66. The summed E-state index contributed by atoms with van der Waals surface area (Å²) < 4.78 is 13.7. The van der Waals surface area contributed by atoms with Crippen LogP contribution in [0.15, 0.2) is 18.2 Å². The Hall–Kier alpha value is -1.62. The van der Waals surface area contributed by atoms with E-state index >= 15 is 0 Å². The van der Waals surface area contributed by atoms with E-state index in [2.05, 4.69) is 5.32 Å². The number of amides is 2. The summed E-state index contributed by atoms with van der Waals surface area (Å²) >= 11 is 5.69. The highest BCUT2D eigenvalue weighted by atomic mass is 35.5. The average molecular weight is 327 g/mol. The molecule has 1 aliphatic rings. The third kappa shape index (κ3) is 4.44. The van der Waals surface area contributed by atoms with E-state index in [1.54, 1.807) is 17.0 Å². The Labute approximate surface area is 134 Å². The molecule has 4 nitrogen and oxygen atoms in total. The highest BCUT2D eigenvalue weighted by molar-refractivity contribution is 6.30. The van der Waals surface area contributed by atoms with Gasteiger partial charge in [0.2, 0.25) is 11.8 Å². The fourth-order valence-electron chi connectivity index (χ4n) is 2.40. The summed E-state index contributed by atoms with van der Waals surface area (Å²) in [6.45, 7) is 2.14. The molecule has 1 N–H and O–H groups in total. The van der Waals surface area contributed by atoms with Gasteiger partial charge in [-0.05, 0) is 24.8 Å². The molecule has 2 amide bonds. The molecule has 0 radical (unpaired) electrons. The maximum atomic E-state index is 13.7. The van der Waals surface area contributed by atoms with Crippen molar-refractivity contribution in [3.63, 3.8) is 0 Å². The van der Waals surface area contributed by atoms with Gasteiger partial charge in [0.05, 0.1) is 11.6 Å². The first kappa shape index (κ1) is 16.7. The van der Waals surface area contributed by atoms with Gasteiger partial charge in [-0.15, -0.1) is 0 Å². The summed E-state index contributed by atoms with van der Waals surface area (Å²) in [5, 5.41) is 2.66. The van der Waals surface area contributed by atoms with Crippen molar-refractivity contribution < 1.29 is 14.0 Å². The summed E-state index contributed by atoms with van der Waals surface area (Å²) in [4.78, 5) is 25.1. The number of nitrogens with one attached hydrogen (secondary N) is 1. The second-order valence-electron chi connectivity index (χ2n) is 5.69. The van der Waals surface area contributed by atoms with Gasteiger partial charge in [-0.3, -0.25) is 9.59 Å². The minimum atomic E-state index is -0.526. The Balaban J connectivity index is 1.85. The standard InChI is InChI=1S/C16H20ClFN2O2/c1-11(21)20(9-12-4-2-5-12)10-15(22)19-8-13-6-3-7-14(17)16(13)18/h3,6-7,12H,2,4-5,8-10H2,1H3,(H,19,22). The molecule has 6 heteroatoms. The predicted octanol–water partition coefficient (Wildman–Crippen LogP) is 2.74. The SMILES string of the molecule is CC(=O)N(CC(=O)NCc1cccc(Cl)c1F)CC1CCC1. The zero-order valence-corrected chi connectivity index (χ0v) is 13.3. The first-order valence-corrected chi connectivity index (χ1v) is 7.80. The molecule has 0 heterocycles. The van der Waals surface area contributed by atoms with Crippen LogP contribution in [0.4, 0.5) is 4.39 Å². The average Bonchev–Trinajstić information content (AvgIpc) is 2.42. The highest BCUT2D eigenvalue weighted by Gasteiger charge is 2.23. The Morgan fingerprint density at radius 1 is 1.41 bits per heavy atom. The molecule has 1 aliphatic carbocycles. The molecule has 120 valence electrons. The topological polar surface area (TPSA) is 49.4 Å². The van der Waals surface area contributed by atoms with Crippen molar-refractivity contribution in [1.82, 2.24) is 10.2 Å². The maximum Gasteiger partial charge on any atom is 0.239 e. The third-order valence-corrected chi connectivity index (χ3v) is 4.28. The lowest BCUT2D eigenvalue weighted by Gasteiger charge is -2.31. The van der Waals surface area contributed by atoms with E-state index in [9.17, 15) is 14.0 Å². The fraction of sp³-hybridized carbons (Fsp3) is 0.500. The lowest BCUT2D eigenvalue weighted by Crippen LogP contribution is -2.43. The number of nitrogens with zero attached hydrogens (tertiary/aromatic N) is 1. The first-order chi connectivity index (χ1) is 10.5. The zero-order chi connectivity index (χ0) is 16.1. The Bertz CT molecular complexity index is 561. The largest absolute Gasteiger partial charge is 0.350 e. The van der Waals surface area contributed by atoms with Gasteiger partial charge >= 0.3 is 0 Å². The van der Waals surface area contributed by atoms with Crippen LogP contribution in [-0.4, -0.2) is 29.8 Å². The highest BCUT2D eigenvalue weighted by Crippen LogP contribution is 2.27. The lowest BCUT2D eigenvalue weighted by atomic mass is 9.85. The Morgan fingerprint density at radius 2 is 2.14 bits per heavy atom. The number of halogens is 2. The molecule has 1 fully saturated rings. The van der Waals surface area contributed by atoms with Crippen LogP contribution in [0.25, 0.3) is 0 Å². The van der Waals surface area contributed by atoms with E-state index in [0.29, 0.717) is 18.0 Å². The molecule has 0 unspecified atom stereocenters. The van der Waals surface area contributed by atoms with Crippen LogP contribution in [0.1, 0.15) is 31.7 Å². The number of benzene rings is 1. The molecule has 1 aromatic rings. The molecule has 2 rings (SSSR count). The van der Waals surface area contributed by atoms with Gasteiger partial charge in [0.1, 0.15) is 5.82 Å². The molecule has 0 spiro atoms. The van der Waals surface area contributed by atoms with Crippen LogP contribution in [0, 0.1) is 11.7 Å². The number of rotatable bonds is 6. The van der Waals surface area contributed by atoms with E-state index in [1.165, 1.54) is 19.4 Å². The summed E-state index contributed by atoms with van der Waals surface area (Å²) in [6.07, 6.45) is 3.41. The number of carbonyl (C=O) groups is 2. The lowest BCUT2D eigenvalue weighted by molar-refractivity contribution is -0.135. The van der Waals surface area contributed by atoms with Gasteiger partial charge in [-0.1, -0.05) is 30.2 Å². The summed E-state index contributed by atoms with van der Waals surface area (Å²) in [7, 11) is 0. The van der Waals surface area contributed by atoms with Crippen molar-refractivity contribution >= 4 is 23.4 Å². The van der Waals surface area contributed by atoms with Gasteiger partial charge in [-0.2, -0.15) is 0 Å². The molecule has 0 aliphatic heterocycles. The van der Waals surface area contributed by atoms with Gasteiger partial charge in [0.15, 0.2) is 0 Å². The van der Waals surface area contributed by atoms with Crippen molar-refractivity contribution in [2.75, 3.05) is 13.1 Å². The molecular weight excluding hydrogens is 307 g/mol. The van der Waals surface area contributed by atoms with E-state index < -0.39 is 5.82 Å². The molecule has 0 aromatic heterocycles. The Kier molecular flexibility index (Phi) is 5.77. The Morgan fingerprint density at radius 3 is 2.73 bits per heavy atom. The number of hydrogen-bond donors (Lipinski definition) is 1. The smallest absolute Gasteiger partial charge is 0.239 e. The van der Waals surface area contributed by atoms with Crippen molar-refractivity contribution in [1.29, 1.82) is 0 Å². The number of carbonyl (C=O) groups excluding carboxylic acids is 2. The third-order valence-electron chi connectivity index (χ3n) is 3.99.